The summed E-state index contributed by atoms with van der Waals surface area (Å²) in [6, 6.07) is 9.14. The van der Waals surface area contributed by atoms with E-state index in [-0.39, 0.29) is 0 Å². The molecule has 1 aromatic rings. The molecule has 2 heteroatoms. The van der Waals surface area contributed by atoms with E-state index in [1.54, 1.807) is 0 Å². The van der Waals surface area contributed by atoms with Gasteiger partial charge in [0.05, 0.1) is 0 Å². The van der Waals surface area contributed by atoms with E-state index < -0.39 is 0 Å². The fourth-order valence-electron chi connectivity index (χ4n) is 2.47. The molecule has 1 aromatic carbocycles. The quantitative estimate of drug-likeness (QED) is 0.837. The lowest BCUT2D eigenvalue weighted by Crippen LogP contribution is -2.13. The molecule has 1 aliphatic rings. The van der Waals surface area contributed by atoms with Crippen molar-refractivity contribution in [3.63, 3.8) is 0 Å². The number of nitrogens with zero attached hydrogens (tertiary/aromatic N) is 1. The van der Waals surface area contributed by atoms with E-state index in [4.69, 9.17) is 5.73 Å². The Labute approximate surface area is 98.4 Å². The number of benzene rings is 1. The molecule has 1 heterocycles. The monoisotopic (exact) mass is 218 g/mol. The molecule has 2 rings (SSSR count). The largest absolute Gasteiger partial charge is 0.330 e. The van der Waals surface area contributed by atoms with Gasteiger partial charge in [0.25, 0.3) is 0 Å². The van der Waals surface area contributed by atoms with Gasteiger partial charge in [-0.25, -0.2) is 0 Å². The van der Waals surface area contributed by atoms with E-state index in [9.17, 15) is 0 Å². The highest BCUT2D eigenvalue weighted by Crippen LogP contribution is 2.26. The van der Waals surface area contributed by atoms with Gasteiger partial charge in [-0.1, -0.05) is 24.3 Å². The molecule has 1 saturated heterocycles. The van der Waals surface area contributed by atoms with Crippen LogP contribution in [0, 0.1) is 0 Å². The lowest BCUT2D eigenvalue weighted by Gasteiger charge is -2.11. The molecule has 1 atom stereocenters. The van der Waals surface area contributed by atoms with Gasteiger partial charge in [0.1, 0.15) is 0 Å². The van der Waals surface area contributed by atoms with Gasteiger partial charge in [-0.2, -0.15) is 0 Å². The summed E-state index contributed by atoms with van der Waals surface area (Å²) in [5, 5.41) is 0. The molecule has 0 saturated carbocycles. The van der Waals surface area contributed by atoms with E-state index in [1.165, 1.54) is 30.6 Å². The van der Waals surface area contributed by atoms with Gasteiger partial charge in [0.2, 0.25) is 0 Å². The third-order valence-corrected chi connectivity index (χ3v) is 3.51. The first-order valence-corrected chi connectivity index (χ1v) is 6.27. The standard InChI is InChI=1S/C14H22N2/c1-16-10-8-14(11-16)13-6-4-12(5-7-13)3-2-9-15/h4-7,14H,2-3,8-11,15H2,1H3. The normalized spacial score (nSPS) is 21.5. The zero-order valence-electron chi connectivity index (χ0n) is 10.2. The van der Waals surface area contributed by atoms with Crippen LogP contribution in [0.5, 0.6) is 0 Å². The van der Waals surface area contributed by atoms with Crippen LogP contribution in [0.15, 0.2) is 24.3 Å². The first-order chi connectivity index (χ1) is 7.79. The highest BCUT2D eigenvalue weighted by Gasteiger charge is 2.20. The van der Waals surface area contributed by atoms with Crippen molar-refractivity contribution in [2.45, 2.75) is 25.2 Å². The SMILES string of the molecule is CN1CCC(c2ccc(CCCN)cc2)C1. The van der Waals surface area contributed by atoms with Gasteiger partial charge in [0, 0.05) is 6.54 Å². The molecule has 88 valence electrons. The molecule has 1 fully saturated rings. The first kappa shape index (κ1) is 11.6. The van der Waals surface area contributed by atoms with Crippen LogP contribution in [0.2, 0.25) is 0 Å². The summed E-state index contributed by atoms with van der Waals surface area (Å²) < 4.78 is 0. The molecule has 0 amide bonds. The Balaban J connectivity index is 1.96. The van der Waals surface area contributed by atoms with Crippen molar-refractivity contribution in [1.29, 1.82) is 0 Å². The molecule has 0 spiro atoms. The highest BCUT2D eigenvalue weighted by molar-refractivity contribution is 5.26. The second-order valence-corrected chi connectivity index (χ2v) is 4.88. The van der Waals surface area contributed by atoms with Gasteiger partial charge < -0.3 is 10.6 Å². The number of hydrogen-bond acceptors (Lipinski definition) is 2. The maximum Gasteiger partial charge on any atom is 0.00477 e. The van der Waals surface area contributed by atoms with Crippen LogP contribution in [0.3, 0.4) is 0 Å². The van der Waals surface area contributed by atoms with Gasteiger partial charge in [-0.3, -0.25) is 0 Å². The summed E-state index contributed by atoms with van der Waals surface area (Å²) >= 11 is 0. The second-order valence-electron chi connectivity index (χ2n) is 4.88. The van der Waals surface area contributed by atoms with Gasteiger partial charge in [0.15, 0.2) is 0 Å². The maximum atomic E-state index is 5.52. The van der Waals surface area contributed by atoms with Crippen LogP contribution >= 0.6 is 0 Å². The molecule has 0 bridgehead atoms. The average molecular weight is 218 g/mol. The predicted molar refractivity (Wildman–Crippen MR) is 68.7 cm³/mol. The number of rotatable bonds is 4. The van der Waals surface area contributed by atoms with Gasteiger partial charge >= 0.3 is 0 Å². The zero-order chi connectivity index (χ0) is 11.4. The topological polar surface area (TPSA) is 29.3 Å². The van der Waals surface area contributed by atoms with Crippen LogP contribution in [0.1, 0.15) is 29.9 Å². The van der Waals surface area contributed by atoms with Crippen molar-refractivity contribution in [1.82, 2.24) is 4.90 Å². The zero-order valence-corrected chi connectivity index (χ0v) is 10.2. The maximum absolute atomic E-state index is 5.52. The molecule has 1 aliphatic heterocycles. The molecular formula is C14H22N2. The Morgan fingerprint density at radius 3 is 2.62 bits per heavy atom. The van der Waals surface area contributed by atoms with E-state index in [1.807, 2.05) is 0 Å². The van der Waals surface area contributed by atoms with Crippen LogP contribution in [-0.4, -0.2) is 31.6 Å². The summed E-state index contributed by atoms with van der Waals surface area (Å²) in [6.45, 7) is 3.23. The molecule has 0 aliphatic carbocycles. The Bertz CT molecular complexity index is 318. The number of hydrogen-bond donors (Lipinski definition) is 1. The summed E-state index contributed by atoms with van der Waals surface area (Å²) in [5.74, 6) is 0.744. The third-order valence-electron chi connectivity index (χ3n) is 3.51. The smallest absolute Gasteiger partial charge is 0.00477 e. The highest BCUT2D eigenvalue weighted by atomic mass is 15.1. The van der Waals surface area contributed by atoms with Crippen molar-refractivity contribution in [2.75, 3.05) is 26.7 Å². The minimum Gasteiger partial charge on any atom is -0.330 e. The van der Waals surface area contributed by atoms with Crippen LogP contribution < -0.4 is 5.73 Å². The summed E-state index contributed by atoms with van der Waals surface area (Å²) in [7, 11) is 2.20. The van der Waals surface area contributed by atoms with Gasteiger partial charge in [-0.15, -0.1) is 0 Å². The van der Waals surface area contributed by atoms with E-state index in [0.29, 0.717) is 0 Å². The van der Waals surface area contributed by atoms with Gasteiger partial charge in [-0.05, 0) is 56.4 Å². The Morgan fingerprint density at radius 1 is 1.31 bits per heavy atom. The van der Waals surface area contributed by atoms with E-state index >= 15 is 0 Å². The molecule has 16 heavy (non-hydrogen) atoms. The van der Waals surface area contributed by atoms with Crippen molar-refractivity contribution < 1.29 is 0 Å². The average Bonchev–Trinajstić information content (AvgIpc) is 2.74. The van der Waals surface area contributed by atoms with Crippen LogP contribution in [0.25, 0.3) is 0 Å². The Kier molecular flexibility index (Phi) is 3.97. The molecule has 2 nitrogen and oxygen atoms in total. The van der Waals surface area contributed by atoms with Crippen molar-refractivity contribution in [3.8, 4) is 0 Å². The van der Waals surface area contributed by atoms with E-state index in [2.05, 4.69) is 36.2 Å². The number of likely N-dealkylation sites (N-methyl/N-ethyl adjacent to an activating group) is 1. The predicted octanol–water partition coefficient (Wildman–Crippen LogP) is 2.00. The molecule has 0 radical (unpaired) electrons. The second kappa shape index (κ2) is 5.46. The minimum atomic E-state index is 0.744. The molecule has 2 N–H and O–H groups in total. The molecular weight excluding hydrogens is 196 g/mol. The van der Waals surface area contributed by atoms with Crippen LogP contribution in [-0.2, 0) is 6.42 Å². The molecule has 1 unspecified atom stereocenters. The summed E-state index contributed by atoms with van der Waals surface area (Å²) in [5.41, 5.74) is 8.43. The molecule has 0 aromatic heterocycles. The Hall–Kier alpha value is -0.860. The lowest BCUT2D eigenvalue weighted by molar-refractivity contribution is 0.411. The summed E-state index contributed by atoms with van der Waals surface area (Å²) in [4.78, 5) is 2.41. The Morgan fingerprint density at radius 2 is 2.06 bits per heavy atom. The van der Waals surface area contributed by atoms with Crippen LogP contribution in [0.4, 0.5) is 0 Å². The number of aryl methyl sites for hydroxylation is 1. The van der Waals surface area contributed by atoms with E-state index in [0.717, 1.165) is 25.3 Å². The first-order valence-electron chi connectivity index (χ1n) is 6.27. The summed E-state index contributed by atoms with van der Waals surface area (Å²) in [6.07, 6.45) is 3.51. The third kappa shape index (κ3) is 2.83. The minimum absolute atomic E-state index is 0.744. The fraction of sp³-hybridized carbons (Fsp3) is 0.571. The lowest BCUT2D eigenvalue weighted by atomic mass is 9.96. The number of likely N-dealkylation sites (tertiary alicyclic amines) is 1. The fourth-order valence-corrected chi connectivity index (χ4v) is 2.47. The van der Waals surface area contributed by atoms with Crippen molar-refractivity contribution >= 4 is 0 Å². The van der Waals surface area contributed by atoms with Crippen molar-refractivity contribution in [3.05, 3.63) is 35.4 Å². The number of nitrogens with two attached hydrogens (primary N) is 1. The van der Waals surface area contributed by atoms with Crippen molar-refractivity contribution in [2.24, 2.45) is 5.73 Å².